The number of nitrogens with two attached hydrogens (primary N) is 1. The molecule has 8 heteroatoms. The van der Waals surface area contributed by atoms with Gasteiger partial charge in [0, 0.05) is 43.8 Å². The number of hydrogen-bond acceptors (Lipinski definition) is 6. The molecule has 0 saturated carbocycles. The number of likely N-dealkylation sites (tertiary alicyclic amines) is 1. The van der Waals surface area contributed by atoms with Crippen LogP contribution in [0.3, 0.4) is 0 Å². The summed E-state index contributed by atoms with van der Waals surface area (Å²) in [5.41, 5.74) is 7.83. The number of aromatic amines is 1. The third kappa shape index (κ3) is 3.07. The maximum Gasteiger partial charge on any atom is 0.262 e. The van der Waals surface area contributed by atoms with Crippen molar-refractivity contribution >= 4 is 34.5 Å². The molecule has 1 saturated heterocycles. The molecular formula is C18H24N6OS. The van der Waals surface area contributed by atoms with Crippen LogP contribution in [0.5, 0.6) is 0 Å². The molecule has 0 radical (unpaired) electrons. The van der Waals surface area contributed by atoms with Gasteiger partial charge in [0.2, 0.25) is 0 Å². The zero-order valence-corrected chi connectivity index (χ0v) is 15.8. The Bertz CT molecular complexity index is 847. The van der Waals surface area contributed by atoms with Crippen LogP contribution in [0.4, 0.5) is 5.82 Å². The van der Waals surface area contributed by atoms with E-state index in [1.165, 1.54) is 0 Å². The number of carbonyl (C=O) groups is 1. The molecule has 138 valence electrons. The zero-order valence-electron chi connectivity index (χ0n) is 14.9. The van der Waals surface area contributed by atoms with Gasteiger partial charge in [0.25, 0.3) is 5.91 Å². The second-order valence-corrected chi connectivity index (χ2v) is 7.95. The van der Waals surface area contributed by atoms with Gasteiger partial charge in [-0.15, -0.1) is 11.8 Å². The van der Waals surface area contributed by atoms with Crippen LogP contribution in [0.15, 0.2) is 23.6 Å². The first-order valence-electron chi connectivity index (χ1n) is 9.10. The minimum atomic E-state index is 0.103. The number of rotatable bonds is 3. The number of nitrogens with one attached hydrogen (secondary N) is 1. The van der Waals surface area contributed by atoms with Gasteiger partial charge in [-0.05, 0) is 31.7 Å². The van der Waals surface area contributed by atoms with E-state index in [-0.39, 0.29) is 11.9 Å². The summed E-state index contributed by atoms with van der Waals surface area (Å²) in [6, 6.07) is 0.158. The topological polar surface area (TPSA) is 91.1 Å². The highest BCUT2D eigenvalue weighted by atomic mass is 32.2. The van der Waals surface area contributed by atoms with Crippen molar-refractivity contribution in [3.63, 3.8) is 0 Å². The average molecular weight is 372 g/mol. The van der Waals surface area contributed by atoms with Gasteiger partial charge >= 0.3 is 0 Å². The minimum absolute atomic E-state index is 0.103. The lowest BCUT2D eigenvalue weighted by atomic mass is 10.0. The minimum Gasteiger partial charge on any atom is -0.346 e. The second-order valence-electron chi connectivity index (χ2n) is 6.81. The van der Waals surface area contributed by atoms with E-state index >= 15 is 0 Å². The summed E-state index contributed by atoms with van der Waals surface area (Å²) >= 11 is 1.62. The van der Waals surface area contributed by atoms with Crippen molar-refractivity contribution in [2.75, 3.05) is 30.3 Å². The maximum atomic E-state index is 13.1. The standard InChI is InChI=1S/C18H24N6OS/c1-12-9-20-16-15(12)17(22-11-21-16)23-6-7-26-14(10-23)18(25)24-5-3-2-4-13(24)8-19/h9-11,13H,2-8,19H2,1H3,(H,20,21,22). The Morgan fingerprint density at radius 3 is 3.12 bits per heavy atom. The molecule has 1 amide bonds. The van der Waals surface area contributed by atoms with Gasteiger partial charge < -0.3 is 20.5 Å². The Kier molecular flexibility index (Phi) is 4.86. The van der Waals surface area contributed by atoms with Crippen LogP contribution in [0.2, 0.25) is 0 Å². The number of carbonyl (C=O) groups excluding carboxylic acids is 1. The van der Waals surface area contributed by atoms with Crippen molar-refractivity contribution in [2.45, 2.75) is 32.2 Å². The third-order valence-corrected chi connectivity index (χ3v) is 6.13. The predicted molar refractivity (Wildman–Crippen MR) is 105 cm³/mol. The van der Waals surface area contributed by atoms with E-state index in [9.17, 15) is 4.79 Å². The zero-order chi connectivity index (χ0) is 18.1. The molecule has 4 rings (SSSR count). The quantitative estimate of drug-likeness (QED) is 0.856. The summed E-state index contributed by atoms with van der Waals surface area (Å²) in [6.07, 6.45) is 8.66. The summed E-state index contributed by atoms with van der Waals surface area (Å²) in [6.45, 7) is 4.19. The number of aryl methyl sites for hydroxylation is 1. The number of fused-ring (bicyclic) bond motifs is 1. The van der Waals surface area contributed by atoms with Gasteiger partial charge in [0.1, 0.15) is 17.8 Å². The average Bonchev–Trinajstić information content (AvgIpc) is 3.08. The SMILES string of the molecule is Cc1c[nH]c2ncnc(N3C=C(C(=O)N4CCCCC4CN)SCC3)c12. The van der Waals surface area contributed by atoms with Crippen molar-refractivity contribution in [3.8, 4) is 0 Å². The fourth-order valence-corrected chi connectivity index (χ4v) is 4.70. The van der Waals surface area contributed by atoms with Gasteiger partial charge in [-0.3, -0.25) is 4.79 Å². The number of thioether (sulfide) groups is 1. The fraction of sp³-hybridized carbons (Fsp3) is 0.500. The Hall–Kier alpha value is -2.06. The third-order valence-electron chi connectivity index (χ3n) is 5.15. The summed E-state index contributed by atoms with van der Waals surface area (Å²) in [4.78, 5) is 29.9. The molecule has 7 nitrogen and oxygen atoms in total. The van der Waals surface area contributed by atoms with Crippen LogP contribution >= 0.6 is 11.8 Å². The highest BCUT2D eigenvalue weighted by molar-refractivity contribution is 8.04. The molecule has 2 aliphatic heterocycles. The van der Waals surface area contributed by atoms with Crippen LogP contribution in [-0.4, -0.2) is 57.2 Å². The van der Waals surface area contributed by atoms with Crippen molar-refractivity contribution < 1.29 is 4.79 Å². The first-order valence-corrected chi connectivity index (χ1v) is 10.1. The van der Waals surface area contributed by atoms with Crippen molar-refractivity contribution in [1.29, 1.82) is 0 Å². The lowest BCUT2D eigenvalue weighted by Gasteiger charge is -2.36. The van der Waals surface area contributed by atoms with E-state index in [0.29, 0.717) is 6.54 Å². The fourth-order valence-electron chi connectivity index (χ4n) is 3.75. The van der Waals surface area contributed by atoms with E-state index in [2.05, 4.69) is 19.9 Å². The smallest absolute Gasteiger partial charge is 0.262 e. The molecular weight excluding hydrogens is 348 g/mol. The highest BCUT2D eigenvalue weighted by Crippen LogP contribution is 2.32. The summed E-state index contributed by atoms with van der Waals surface area (Å²) < 4.78 is 0. The molecule has 26 heavy (non-hydrogen) atoms. The molecule has 2 aliphatic rings. The number of amides is 1. The van der Waals surface area contributed by atoms with E-state index in [1.807, 2.05) is 24.2 Å². The molecule has 1 unspecified atom stereocenters. The van der Waals surface area contributed by atoms with Gasteiger partial charge in [0.05, 0.1) is 10.3 Å². The van der Waals surface area contributed by atoms with Gasteiger partial charge in [-0.1, -0.05) is 0 Å². The first kappa shape index (κ1) is 17.4. The molecule has 2 aromatic heterocycles. The molecule has 1 fully saturated rings. The van der Waals surface area contributed by atoms with Crippen molar-refractivity contribution in [1.82, 2.24) is 19.9 Å². The Morgan fingerprint density at radius 1 is 1.38 bits per heavy atom. The van der Waals surface area contributed by atoms with Gasteiger partial charge in [-0.2, -0.15) is 0 Å². The predicted octanol–water partition coefficient (Wildman–Crippen LogP) is 2.00. The molecule has 4 heterocycles. The van der Waals surface area contributed by atoms with Crippen LogP contribution in [0, 0.1) is 6.92 Å². The lowest BCUT2D eigenvalue weighted by molar-refractivity contribution is -0.129. The van der Waals surface area contributed by atoms with Gasteiger partial charge in [-0.25, -0.2) is 9.97 Å². The van der Waals surface area contributed by atoms with Crippen LogP contribution in [-0.2, 0) is 4.79 Å². The molecule has 0 aliphatic carbocycles. The van der Waals surface area contributed by atoms with E-state index < -0.39 is 0 Å². The number of H-pyrrole nitrogens is 1. The normalized spacial score (nSPS) is 21.2. The summed E-state index contributed by atoms with van der Waals surface area (Å²) in [7, 11) is 0. The summed E-state index contributed by atoms with van der Waals surface area (Å²) in [5.74, 6) is 1.81. The number of nitrogens with zero attached hydrogens (tertiary/aromatic N) is 4. The van der Waals surface area contributed by atoms with Crippen molar-refractivity contribution in [3.05, 3.63) is 29.2 Å². The number of piperidine rings is 1. The molecule has 1 atom stereocenters. The lowest BCUT2D eigenvalue weighted by Crippen LogP contribution is -2.48. The molecule has 3 N–H and O–H groups in total. The van der Waals surface area contributed by atoms with Crippen LogP contribution < -0.4 is 10.6 Å². The number of anilines is 1. The largest absolute Gasteiger partial charge is 0.346 e. The molecule has 2 aromatic rings. The highest BCUT2D eigenvalue weighted by Gasteiger charge is 2.30. The molecule has 0 spiro atoms. The summed E-state index contributed by atoms with van der Waals surface area (Å²) in [5, 5.41) is 1.01. The second kappa shape index (κ2) is 7.28. The molecule has 0 bridgehead atoms. The number of hydrogen-bond donors (Lipinski definition) is 2. The maximum absolute atomic E-state index is 13.1. The van der Waals surface area contributed by atoms with Gasteiger partial charge in [0.15, 0.2) is 0 Å². The molecule has 0 aromatic carbocycles. The first-order chi connectivity index (χ1) is 12.7. The Labute approximate surface area is 157 Å². The van der Waals surface area contributed by atoms with Crippen LogP contribution in [0.25, 0.3) is 11.0 Å². The van der Waals surface area contributed by atoms with E-state index in [0.717, 1.165) is 65.4 Å². The Morgan fingerprint density at radius 2 is 2.27 bits per heavy atom. The van der Waals surface area contributed by atoms with E-state index in [4.69, 9.17) is 5.73 Å². The monoisotopic (exact) mass is 372 g/mol. The van der Waals surface area contributed by atoms with E-state index in [1.54, 1.807) is 18.1 Å². The van der Waals surface area contributed by atoms with Crippen LogP contribution in [0.1, 0.15) is 24.8 Å². The Balaban J connectivity index is 1.65. The van der Waals surface area contributed by atoms with Crippen molar-refractivity contribution in [2.24, 2.45) is 5.73 Å². The number of aromatic nitrogens is 3.